The van der Waals surface area contributed by atoms with Crippen molar-refractivity contribution < 1.29 is 27.1 Å². The lowest BCUT2D eigenvalue weighted by molar-refractivity contribution is 0.102. The summed E-state index contributed by atoms with van der Waals surface area (Å²) in [6.07, 6.45) is 0. The van der Waals surface area contributed by atoms with Gasteiger partial charge in [-0.2, -0.15) is 8.42 Å². The number of carbonyl (C=O) groups is 1. The van der Waals surface area contributed by atoms with E-state index in [1.165, 1.54) is 24.3 Å². The van der Waals surface area contributed by atoms with Crippen LogP contribution in [-0.2, 0) is 10.4 Å². The van der Waals surface area contributed by atoms with E-state index in [1.807, 2.05) is 0 Å². The van der Waals surface area contributed by atoms with Crippen molar-refractivity contribution in [2.75, 3.05) is 5.32 Å². The highest BCUT2D eigenvalue weighted by Crippen LogP contribution is 2.33. The molecule has 27 heavy (non-hydrogen) atoms. The Morgan fingerprint density at radius 3 is 2.37 bits per heavy atom. The monoisotopic (exact) mass is 407 g/mol. The maximum atomic E-state index is 12.6. The average molecular weight is 408 g/mol. The van der Waals surface area contributed by atoms with Crippen LogP contribution in [-0.4, -0.2) is 24.0 Å². The van der Waals surface area contributed by atoms with Crippen LogP contribution < -0.4 is 9.50 Å². The van der Waals surface area contributed by atoms with Crippen molar-refractivity contribution >= 4 is 44.4 Å². The van der Waals surface area contributed by atoms with Crippen LogP contribution in [0.4, 0.5) is 5.69 Å². The van der Waals surface area contributed by atoms with Crippen LogP contribution in [0, 0.1) is 6.92 Å². The van der Waals surface area contributed by atoms with E-state index >= 15 is 0 Å². The van der Waals surface area contributed by atoms with Gasteiger partial charge in [0.05, 0.1) is 11.3 Å². The number of hydrogen-bond acceptors (Lipinski definition) is 5. The van der Waals surface area contributed by atoms with Gasteiger partial charge in [0.25, 0.3) is 5.91 Å². The first-order chi connectivity index (χ1) is 12.6. The molecule has 3 aromatic rings. The Morgan fingerprint density at radius 1 is 1.11 bits per heavy atom. The molecule has 140 valence electrons. The van der Waals surface area contributed by atoms with Crippen molar-refractivity contribution in [2.24, 2.45) is 0 Å². The second kappa shape index (κ2) is 7.07. The largest absolute Gasteiger partial charge is 0.507 e. The lowest BCUT2D eigenvalue weighted by atomic mass is 10.1. The SMILES string of the molecule is Cc1cc(OS(=O)(=O)O)c(NC(=O)c2cc3ccccc3cc2O)cc1Cl. The third-order valence-electron chi connectivity index (χ3n) is 3.81. The maximum absolute atomic E-state index is 12.6. The number of nitrogens with one attached hydrogen (secondary N) is 1. The van der Waals surface area contributed by atoms with Crippen molar-refractivity contribution in [3.63, 3.8) is 0 Å². The number of benzene rings is 3. The van der Waals surface area contributed by atoms with E-state index in [9.17, 15) is 18.3 Å². The van der Waals surface area contributed by atoms with Gasteiger partial charge in [0.2, 0.25) is 0 Å². The number of amides is 1. The first kappa shape index (κ1) is 19.0. The number of hydrogen-bond donors (Lipinski definition) is 3. The van der Waals surface area contributed by atoms with Gasteiger partial charge in [0.1, 0.15) is 5.75 Å². The fourth-order valence-corrected chi connectivity index (χ4v) is 3.06. The summed E-state index contributed by atoms with van der Waals surface area (Å²) in [5.41, 5.74) is 0.367. The van der Waals surface area contributed by atoms with E-state index in [1.54, 1.807) is 31.2 Å². The van der Waals surface area contributed by atoms with E-state index in [4.69, 9.17) is 16.2 Å². The van der Waals surface area contributed by atoms with Gasteiger partial charge in [-0.3, -0.25) is 9.35 Å². The molecule has 0 heterocycles. The molecule has 0 aliphatic carbocycles. The Morgan fingerprint density at radius 2 is 1.74 bits per heavy atom. The number of aromatic hydroxyl groups is 1. The average Bonchev–Trinajstić information content (AvgIpc) is 2.57. The van der Waals surface area contributed by atoms with Gasteiger partial charge < -0.3 is 14.6 Å². The van der Waals surface area contributed by atoms with Gasteiger partial charge in [0, 0.05) is 5.02 Å². The number of phenols is 1. The molecule has 3 N–H and O–H groups in total. The fourth-order valence-electron chi connectivity index (χ4n) is 2.53. The minimum atomic E-state index is -4.81. The molecule has 0 fully saturated rings. The van der Waals surface area contributed by atoms with Gasteiger partial charge in [-0.05, 0) is 47.5 Å². The van der Waals surface area contributed by atoms with Gasteiger partial charge in [-0.25, -0.2) is 0 Å². The molecule has 0 saturated heterocycles. The van der Waals surface area contributed by atoms with E-state index in [0.29, 0.717) is 5.56 Å². The van der Waals surface area contributed by atoms with Crippen LogP contribution in [0.2, 0.25) is 5.02 Å². The molecule has 0 unspecified atom stereocenters. The number of anilines is 1. The van der Waals surface area contributed by atoms with Crippen LogP contribution >= 0.6 is 11.6 Å². The fraction of sp³-hybridized carbons (Fsp3) is 0.0556. The molecule has 0 radical (unpaired) electrons. The van der Waals surface area contributed by atoms with Gasteiger partial charge in [0.15, 0.2) is 5.75 Å². The zero-order valence-electron chi connectivity index (χ0n) is 13.9. The van der Waals surface area contributed by atoms with Crippen LogP contribution in [0.3, 0.4) is 0 Å². The van der Waals surface area contributed by atoms with Crippen molar-refractivity contribution in [3.05, 3.63) is 64.7 Å². The molecule has 0 aliphatic rings. The molecule has 0 bridgehead atoms. The van der Waals surface area contributed by atoms with Crippen LogP contribution in [0.1, 0.15) is 15.9 Å². The Hall–Kier alpha value is -2.81. The minimum Gasteiger partial charge on any atom is -0.507 e. The van der Waals surface area contributed by atoms with Crippen molar-refractivity contribution in [1.82, 2.24) is 0 Å². The van der Waals surface area contributed by atoms with E-state index in [2.05, 4.69) is 9.50 Å². The van der Waals surface area contributed by atoms with E-state index < -0.39 is 16.3 Å². The molecular formula is C18H14ClNO6S. The van der Waals surface area contributed by atoms with Crippen molar-refractivity contribution in [1.29, 1.82) is 0 Å². The lowest BCUT2D eigenvalue weighted by Crippen LogP contribution is -2.15. The zero-order chi connectivity index (χ0) is 19.8. The standard InChI is InChI=1S/C18H14ClNO6S/c1-10-6-17(26-27(23,24)25)15(9-14(10)19)20-18(22)13-7-11-4-2-3-5-12(11)8-16(13)21/h2-9,21H,1H3,(H,20,22)(H,23,24,25). The molecule has 3 aromatic carbocycles. The number of rotatable bonds is 4. The number of fused-ring (bicyclic) bond motifs is 1. The quantitative estimate of drug-likeness (QED) is 0.564. The normalized spacial score (nSPS) is 11.4. The van der Waals surface area contributed by atoms with Gasteiger partial charge >= 0.3 is 10.4 Å². The summed E-state index contributed by atoms with van der Waals surface area (Å²) in [5, 5.41) is 14.3. The summed E-state index contributed by atoms with van der Waals surface area (Å²) in [4.78, 5) is 12.6. The topological polar surface area (TPSA) is 113 Å². The number of aryl methyl sites for hydroxylation is 1. The highest BCUT2D eigenvalue weighted by molar-refractivity contribution is 7.81. The molecule has 1 amide bonds. The predicted octanol–water partition coefficient (Wildman–Crippen LogP) is 3.94. The molecule has 9 heteroatoms. The third kappa shape index (κ3) is 4.30. The number of halogens is 1. The summed E-state index contributed by atoms with van der Waals surface area (Å²) in [7, 11) is -4.81. The van der Waals surface area contributed by atoms with Crippen LogP contribution in [0.25, 0.3) is 10.8 Å². The summed E-state index contributed by atoms with van der Waals surface area (Å²) in [6, 6.07) is 12.6. The summed E-state index contributed by atoms with van der Waals surface area (Å²) >= 11 is 6.03. The molecule has 0 aliphatic heterocycles. The van der Waals surface area contributed by atoms with Gasteiger partial charge in [-0.15, -0.1) is 0 Å². The molecule has 0 atom stereocenters. The molecule has 0 spiro atoms. The minimum absolute atomic E-state index is 0.0248. The predicted molar refractivity (Wildman–Crippen MR) is 102 cm³/mol. The first-order valence-corrected chi connectivity index (χ1v) is 9.38. The van der Waals surface area contributed by atoms with Crippen LogP contribution in [0.5, 0.6) is 11.5 Å². The summed E-state index contributed by atoms with van der Waals surface area (Å²) in [6.45, 7) is 1.60. The Balaban J connectivity index is 2.01. The molecule has 3 rings (SSSR count). The zero-order valence-corrected chi connectivity index (χ0v) is 15.5. The highest BCUT2D eigenvalue weighted by atomic mass is 35.5. The molecular weight excluding hydrogens is 394 g/mol. The summed E-state index contributed by atoms with van der Waals surface area (Å²) in [5.74, 6) is -1.27. The van der Waals surface area contributed by atoms with Crippen molar-refractivity contribution in [3.8, 4) is 11.5 Å². The van der Waals surface area contributed by atoms with Crippen molar-refractivity contribution in [2.45, 2.75) is 6.92 Å². The highest BCUT2D eigenvalue weighted by Gasteiger charge is 2.19. The van der Waals surface area contributed by atoms with Gasteiger partial charge in [-0.1, -0.05) is 35.9 Å². The molecule has 7 nitrogen and oxygen atoms in total. The van der Waals surface area contributed by atoms with Crippen LogP contribution in [0.15, 0.2) is 48.5 Å². The molecule has 0 aromatic heterocycles. The third-order valence-corrected chi connectivity index (χ3v) is 4.61. The first-order valence-electron chi connectivity index (χ1n) is 7.64. The van der Waals surface area contributed by atoms with E-state index in [0.717, 1.165) is 10.8 Å². The second-order valence-electron chi connectivity index (χ2n) is 5.78. The Bertz CT molecular complexity index is 1160. The maximum Gasteiger partial charge on any atom is 0.446 e. The number of carbonyl (C=O) groups excluding carboxylic acids is 1. The summed E-state index contributed by atoms with van der Waals surface area (Å²) < 4.78 is 35.5. The Labute approximate surface area is 160 Å². The smallest absolute Gasteiger partial charge is 0.446 e. The second-order valence-corrected chi connectivity index (χ2v) is 7.21. The number of phenolic OH excluding ortho intramolecular Hbond substituents is 1. The van der Waals surface area contributed by atoms with E-state index in [-0.39, 0.29) is 27.8 Å². The Kier molecular flexibility index (Phi) is 4.97. The lowest BCUT2D eigenvalue weighted by Gasteiger charge is -2.13. The molecule has 0 saturated carbocycles.